The highest BCUT2D eigenvalue weighted by Gasteiger charge is 2.22. The number of ether oxygens (including phenoxy) is 2. The van der Waals surface area contributed by atoms with Gasteiger partial charge >= 0.3 is 0 Å². The number of nitrogens with zero attached hydrogens (tertiary/aromatic N) is 1. The molecule has 0 radical (unpaired) electrons. The maximum Gasteiger partial charge on any atom is 0.283 e. The molecule has 0 bridgehead atoms. The molecule has 1 atom stereocenters. The minimum Gasteiger partial charge on any atom is -0.486 e. The molecule has 0 spiro atoms. The molecule has 1 N–H and O–H groups in total. The second kappa shape index (κ2) is 7.43. The molecule has 3 rings (SSSR count). The van der Waals surface area contributed by atoms with Gasteiger partial charge in [0.1, 0.15) is 12.7 Å². The number of thioether (sulfide) groups is 1. The van der Waals surface area contributed by atoms with E-state index in [4.69, 9.17) is 9.47 Å². The summed E-state index contributed by atoms with van der Waals surface area (Å²) in [5.41, 5.74) is 0.160. The summed E-state index contributed by atoms with van der Waals surface area (Å²) in [7, 11) is 0. The summed E-state index contributed by atoms with van der Waals surface area (Å²) >= 11 is 1.26. The number of hydrogen-bond acceptors (Lipinski definition) is 6. The van der Waals surface area contributed by atoms with E-state index in [0.29, 0.717) is 23.0 Å². The van der Waals surface area contributed by atoms with Crippen LogP contribution in [-0.4, -0.2) is 36.3 Å². The molecule has 0 aromatic heterocycles. The van der Waals surface area contributed by atoms with Crippen molar-refractivity contribution in [2.24, 2.45) is 0 Å². The quantitative estimate of drug-likeness (QED) is 0.501. The van der Waals surface area contributed by atoms with Gasteiger partial charge in [-0.05, 0) is 30.5 Å². The van der Waals surface area contributed by atoms with Crippen molar-refractivity contribution in [3.63, 3.8) is 0 Å². The van der Waals surface area contributed by atoms with Gasteiger partial charge in [0.05, 0.1) is 16.4 Å². The number of nitrogens with one attached hydrogen (secondary N) is 1. The SMILES string of the molecule is CSc1ccc(C(=O)NC[C@H]2COc3ccccc3O2)cc1[N+](=O)[O-]. The van der Waals surface area contributed by atoms with Crippen LogP contribution in [0.2, 0.25) is 0 Å². The minimum absolute atomic E-state index is 0.0775. The first-order valence-corrected chi connectivity index (χ1v) is 8.80. The standard InChI is InChI=1S/C17H16N2O5S/c1-25-16-7-6-11(8-13(16)19(21)22)17(20)18-9-12-10-23-14-4-2-3-5-15(14)24-12/h2-8,12H,9-10H2,1H3,(H,18,20)/t12-/m0/s1. The number of fused-ring (bicyclic) bond motifs is 1. The topological polar surface area (TPSA) is 90.7 Å². The van der Waals surface area contributed by atoms with E-state index in [2.05, 4.69) is 5.32 Å². The Hall–Kier alpha value is -2.74. The van der Waals surface area contributed by atoms with Crippen LogP contribution in [0.25, 0.3) is 0 Å². The van der Waals surface area contributed by atoms with Gasteiger partial charge in [-0.1, -0.05) is 12.1 Å². The Balaban J connectivity index is 1.64. The highest BCUT2D eigenvalue weighted by atomic mass is 32.2. The largest absolute Gasteiger partial charge is 0.486 e. The fourth-order valence-electron chi connectivity index (χ4n) is 2.45. The summed E-state index contributed by atoms with van der Waals surface area (Å²) in [5, 5.41) is 13.8. The molecule has 0 fully saturated rings. The molecule has 130 valence electrons. The summed E-state index contributed by atoms with van der Waals surface area (Å²) in [6, 6.07) is 11.7. The number of nitro groups is 1. The number of nitro benzene ring substituents is 1. The number of benzene rings is 2. The molecule has 7 nitrogen and oxygen atoms in total. The van der Waals surface area contributed by atoms with Crippen molar-refractivity contribution in [2.75, 3.05) is 19.4 Å². The van der Waals surface area contributed by atoms with Gasteiger partial charge in [-0.15, -0.1) is 11.8 Å². The molecule has 2 aromatic carbocycles. The molecule has 25 heavy (non-hydrogen) atoms. The molecule has 8 heteroatoms. The lowest BCUT2D eigenvalue weighted by molar-refractivity contribution is -0.387. The summed E-state index contributed by atoms with van der Waals surface area (Å²) in [6.07, 6.45) is 1.43. The number of carbonyl (C=O) groups is 1. The zero-order valence-corrected chi connectivity index (χ0v) is 14.2. The zero-order chi connectivity index (χ0) is 17.8. The molecule has 1 aliphatic heterocycles. The summed E-state index contributed by atoms with van der Waals surface area (Å²) < 4.78 is 11.4. The van der Waals surface area contributed by atoms with Crippen molar-refractivity contribution in [3.05, 3.63) is 58.1 Å². The van der Waals surface area contributed by atoms with E-state index in [1.165, 1.54) is 17.8 Å². The molecule has 0 aliphatic carbocycles. The van der Waals surface area contributed by atoms with Gasteiger partial charge in [-0.3, -0.25) is 14.9 Å². The van der Waals surface area contributed by atoms with Crippen LogP contribution in [0.4, 0.5) is 5.69 Å². The summed E-state index contributed by atoms with van der Waals surface area (Å²) in [4.78, 5) is 23.4. The molecule has 2 aromatic rings. The molecule has 0 saturated carbocycles. The minimum atomic E-state index is -0.488. The third kappa shape index (κ3) is 3.85. The van der Waals surface area contributed by atoms with Crippen LogP contribution in [0.1, 0.15) is 10.4 Å². The van der Waals surface area contributed by atoms with Crippen LogP contribution in [0.15, 0.2) is 47.4 Å². The third-order valence-corrected chi connectivity index (χ3v) is 4.48. The lowest BCUT2D eigenvalue weighted by atomic mass is 10.2. The normalized spacial score (nSPS) is 15.5. The molecular weight excluding hydrogens is 344 g/mol. The Labute approximate surface area is 148 Å². The Morgan fingerprint density at radius 1 is 1.32 bits per heavy atom. The maximum absolute atomic E-state index is 12.3. The van der Waals surface area contributed by atoms with Gasteiger partial charge in [0.2, 0.25) is 0 Å². The smallest absolute Gasteiger partial charge is 0.283 e. The molecule has 1 heterocycles. The lowest BCUT2D eigenvalue weighted by Gasteiger charge is -2.26. The van der Waals surface area contributed by atoms with Crippen LogP contribution < -0.4 is 14.8 Å². The lowest BCUT2D eigenvalue weighted by Crippen LogP contribution is -2.40. The van der Waals surface area contributed by atoms with Crippen molar-refractivity contribution in [1.29, 1.82) is 0 Å². The van der Waals surface area contributed by atoms with Crippen LogP contribution in [0, 0.1) is 10.1 Å². The summed E-state index contributed by atoms with van der Waals surface area (Å²) in [5.74, 6) is 0.916. The molecule has 0 unspecified atom stereocenters. The Morgan fingerprint density at radius 3 is 2.80 bits per heavy atom. The maximum atomic E-state index is 12.3. The van der Waals surface area contributed by atoms with E-state index < -0.39 is 10.8 Å². The van der Waals surface area contributed by atoms with Crippen LogP contribution in [0.5, 0.6) is 11.5 Å². The number of rotatable bonds is 5. The van der Waals surface area contributed by atoms with Crippen molar-refractivity contribution in [1.82, 2.24) is 5.32 Å². The van der Waals surface area contributed by atoms with Crippen molar-refractivity contribution >= 4 is 23.4 Å². The second-order valence-electron chi connectivity index (χ2n) is 5.35. The first kappa shape index (κ1) is 17.1. The van der Waals surface area contributed by atoms with E-state index in [0.717, 1.165) is 0 Å². The highest BCUT2D eigenvalue weighted by Crippen LogP contribution is 2.31. The average Bonchev–Trinajstić information content (AvgIpc) is 2.65. The van der Waals surface area contributed by atoms with Crippen molar-refractivity contribution < 1.29 is 19.2 Å². The van der Waals surface area contributed by atoms with E-state index in [1.807, 2.05) is 18.2 Å². The van der Waals surface area contributed by atoms with E-state index in [1.54, 1.807) is 24.5 Å². The number of amides is 1. The van der Waals surface area contributed by atoms with E-state index >= 15 is 0 Å². The van der Waals surface area contributed by atoms with Gasteiger partial charge in [0.15, 0.2) is 11.5 Å². The Bertz CT molecular complexity index is 811. The van der Waals surface area contributed by atoms with Gasteiger partial charge < -0.3 is 14.8 Å². The van der Waals surface area contributed by atoms with Gasteiger partial charge in [-0.25, -0.2) is 0 Å². The van der Waals surface area contributed by atoms with Gasteiger partial charge in [-0.2, -0.15) is 0 Å². The van der Waals surface area contributed by atoms with Crippen LogP contribution in [-0.2, 0) is 0 Å². The molecule has 0 saturated heterocycles. The fourth-order valence-corrected chi connectivity index (χ4v) is 2.99. The third-order valence-electron chi connectivity index (χ3n) is 3.70. The average molecular weight is 360 g/mol. The molecular formula is C17H16N2O5S. The predicted molar refractivity (Wildman–Crippen MR) is 93.6 cm³/mol. The highest BCUT2D eigenvalue weighted by molar-refractivity contribution is 7.98. The Morgan fingerprint density at radius 2 is 2.08 bits per heavy atom. The first-order chi connectivity index (χ1) is 12.1. The van der Waals surface area contributed by atoms with Gasteiger partial charge in [0.25, 0.3) is 11.6 Å². The van der Waals surface area contributed by atoms with E-state index in [-0.39, 0.29) is 23.9 Å². The second-order valence-corrected chi connectivity index (χ2v) is 6.20. The predicted octanol–water partition coefficient (Wildman–Crippen LogP) is 2.89. The first-order valence-electron chi connectivity index (χ1n) is 7.57. The number of hydrogen-bond donors (Lipinski definition) is 1. The number of carbonyl (C=O) groups excluding carboxylic acids is 1. The number of para-hydroxylation sites is 2. The Kier molecular flexibility index (Phi) is 5.08. The fraction of sp³-hybridized carbons (Fsp3) is 0.235. The van der Waals surface area contributed by atoms with Crippen LogP contribution >= 0.6 is 11.8 Å². The monoisotopic (exact) mass is 360 g/mol. The van der Waals surface area contributed by atoms with Gasteiger partial charge in [0, 0.05) is 11.6 Å². The van der Waals surface area contributed by atoms with Crippen molar-refractivity contribution in [3.8, 4) is 11.5 Å². The summed E-state index contributed by atoms with van der Waals surface area (Å²) in [6.45, 7) is 0.564. The molecule has 1 aliphatic rings. The van der Waals surface area contributed by atoms with Crippen LogP contribution in [0.3, 0.4) is 0 Å². The molecule has 1 amide bonds. The van der Waals surface area contributed by atoms with E-state index in [9.17, 15) is 14.9 Å². The zero-order valence-electron chi connectivity index (χ0n) is 13.4. The van der Waals surface area contributed by atoms with Crippen molar-refractivity contribution in [2.45, 2.75) is 11.0 Å².